The Bertz CT molecular complexity index is 972. The van der Waals surface area contributed by atoms with Crippen molar-refractivity contribution in [2.24, 2.45) is 4.99 Å². The highest BCUT2D eigenvalue weighted by Crippen LogP contribution is 2.35. The predicted octanol–water partition coefficient (Wildman–Crippen LogP) is 3.52. The fourth-order valence-corrected chi connectivity index (χ4v) is 3.63. The van der Waals surface area contributed by atoms with Crippen LogP contribution in [-0.4, -0.2) is 43.3 Å². The number of amides is 1. The van der Waals surface area contributed by atoms with Crippen molar-refractivity contribution in [3.63, 3.8) is 0 Å². The number of carbonyl (C=O) groups is 2. The molecule has 0 unspecified atom stereocenters. The Morgan fingerprint density at radius 2 is 1.79 bits per heavy atom. The van der Waals surface area contributed by atoms with E-state index in [1.54, 1.807) is 26.4 Å². The van der Waals surface area contributed by atoms with Gasteiger partial charge in [0.25, 0.3) is 5.91 Å². The topological polar surface area (TPSA) is 77.4 Å². The standard InChI is InChI=1S/C21H20N2O5S/c1-26-16-10-9-14(11-17(16)27-2)13-23-20(25)18(12-19(24)28-3)29-21(23)22-15-7-5-4-6-8-15/h4-12H,13H2,1-3H3/b18-12-,22-21?. The molecule has 0 aromatic heterocycles. The van der Waals surface area contributed by atoms with Crippen LogP contribution in [0.3, 0.4) is 0 Å². The van der Waals surface area contributed by atoms with E-state index < -0.39 is 5.97 Å². The number of para-hydroxylation sites is 1. The molecule has 150 valence electrons. The molecule has 0 spiro atoms. The maximum absolute atomic E-state index is 12.9. The Balaban J connectivity index is 1.96. The Morgan fingerprint density at radius 1 is 1.07 bits per heavy atom. The molecule has 29 heavy (non-hydrogen) atoms. The third kappa shape index (κ3) is 4.78. The van der Waals surface area contributed by atoms with Crippen LogP contribution in [0.5, 0.6) is 11.5 Å². The molecule has 1 fully saturated rings. The second kappa shape index (κ2) is 9.29. The molecule has 0 aliphatic carbocycles. The third-order valence-electron chi connectivity index (χ3n) is 4.11. The van der Waals surface area contributed by atoms with E-state index in [9.17, 15) is 9.59 Å². The van der Waals surface area contributed by atoms with Crippen molar-refractivity contribution in [3.8, 4) is 11.5 Å². The molecule has 0 radical (unpaired) electrons. The highest BCUT2D eigenvalue weighted by molar-refractivity contribution is 8.18. The van der Waals surface area contributed by atoms with Gasteiger partial charge in [0.15, 0.2) is 16.7 Å². The average molecular weight is 412 g/mol. The van der Waals surface area contributed by atoms with E-state index in [0.717, 1.165) is 17.3 Å². The first-order valence-corrected chi connectivity index (χ1v) is 9.51. The van der Waals surface area contributed by atoms with Gasteiger partial charge < -0.3 is 14.2 Å². The van der Waals surface area contributed by atoms with E-state index in [0.29, 0.717) is 22.4 Å². The molecule has 0 bridgehead atoms. The van der Waals surface area contributed by atoms with Gasteiger partial charge in [-0.25, -0.2) is 9.79 Å². The van der Waals surface area contributed by atoms with Crippen molar-refractivity contribution in [1.29, 1.82) is 0 Å². The minimum atomic E-state index is -0.590. The lowest BCUT2D eigenvalue weighted by Crippen LogP contribution is -2.28. The molecule has 7 nitrogen and oxygen atoms in total. The van der Waals surface area contributed by atoms with Gasteiger partial charge in [-0.2, -0.15) is 0 Å². The van der Waals surface area contributed by atoms with Gasteiger partial charge in [-0.1, -0.05) is 24.3 Å². The monoisotopic (exact) mass is 412 g/mol. The summed E-state index contributed by atoms with van der Waals surface area (Å²) in [5, 5.41) is 0.478. The minimum absolute atomic E-state index is 0.256. The number of nitrogens with zero attached hydrogens (tertiary/aromatic N) is 2. The highest BCUT2D eigenvalue weighted by atomic mass is 32.2. The predicted molar refractivity (Wildman–Crippen MR) is 111 cm³/mol. The molecule has 3 rings (SSSR count). The molecule has 2 aromatic rings. The zero-order chi connectivity index (χ0) is 20.8. The number of methoxy groups -OCH3 is 3. The number of rotatable bonds is 6. The molecule has 1 saturated heterocycles. The van der Waals surface area contributed by atoms with E-state index in [2.05, 4.69) is 9.73 Å². The van der Waals surface area contributed by atoms with Crippen molar-refractivity contribution in [2.45, 2.75) is 6.54 Å². The lowest BCUT2D eigenvalue weighted by Gasteiger charge is -2.17. The van der Waals surface area contributed by atoms with E-state index in [1.807, 2.05) is 36.4 Å². The van der Waals surface area contributed by atoms with Gasteiger partial charge in [0.05, 0.1) is 38.5 Å². The summed E-state index contributed by atoms with van der Waals surface area (Å²) in [6.45, 7) is 0.260. The average Bonchev–Trinajstić information content (AvgIpc) is 3.02. The number of hydrogen-bond acceptors (Lipinski definition) is 7. The maximum atomic E-state index is 12.9. The highest BCUT2D eigenvalue weighted by Gasteiger charge is 2.34. The molecule has 0 atom stereocenters. The van der Waals surface area contributed by atoms with Gasteiger partial charge in [0.1, 0.15) is 0 Å². The summed E-state index contributed by atoms with van der Waals surface area (Å²) in [5.74, 6) is 0.261. The third-order valence-corrected chi connectivity index (χ3v) is 5.11. The van der Waals surface area contributed by atoms with E-state index in [4.69, 9.17) is 9.47 Å². The van der Waals surface area contributed by atoms with Crippen LogP contribution in [0, 0.1) is 0 Å². The molecule has 1 aliphatic rings. The summed E-state index contributed by atoms with van der Waals surface area (Å²) >= 11 is 1.13. The van der Waals surface area contributed by atoms with E-state index in [1.165, 1.54) is 18.1 Å². The van der Waals surface area contributed by atoms with Crippen molar-refractivity contribution in [1.82, 2.24) is 4.90 Å². The Morgan fingerprint density at radius 3 is 2.45 bits per heavy atom. The number of hydrogen-bond donors (Lipinski definition) is 0. The second-order valence-corrected chi connectivity index (χ2v) is 6.95. The molecular weight excluding hydrogens is 392 g/mol. The van der Waals surface area contributed by atoms with Crippen LogP contribution in [0.1, 0.15) is 5.56 Å². The summed E-state index contributed by atoms with van der Waals surface area (Å²) in [5.41, 5.74) is 1.54. The fourth-order valence-electron chi connectivity index (χ4n) is 2.67. The Labute approximate surface area is 173 Å². The van der Waals surface area contributed by atoms with Crippen LogP contribution in [0.15, 0.2) is 64.5 Å². The van der Waals surface area contributed by atoms with Crippen molar-refractivity contribution in [3.05, 3.63) is 65.1 Å². The van der Waals surface area contributed by atoms with Crippen molar-refractivity contribution >= 4 is 34.5 Å². The summed E-state index contributed by atoms with van der Waals surface area (Å²) in [6.07, 6.45) is 1.18. The molecule has 1 aliphatic heterocycles. The van der Waals surface area contributed by atoms with Crippen LogP contribution in [-0.2, 0) is 20.9 Å². The molecule has 2 aromatic carbocycles. The fraction of sp³-hybridized carbons (Fsp3) is 0.190. The van der Waals surface area contributed by atoms with Gasteiger partial charge in [-0.3, -0.25) is 9.69 Å². The lowest BCUT2D eigenvalue weighted by atomic mass is 10.2. The lowest BCUT2D eigenvalue weighted by molar-refractivity contribution is -0.135. The summed E-state index contributed by atoms with van der Waals surface area (Å²) in [4.78, 5) is 30.9. The number of thioether (sulfide) groups is 1. The van der Waals surface area contributed by atoms with Gasteiger partial charge in [0.2, 0.25) is 0 Å². The van der Waals surface area contributed by atoms with Gasteiger partial charge in [-0.15, -0.1) is 0 Å². The van der Waals surface area contributed by atoms with Gasteiger partial charge in [-0.05, 0) is 41.6 Å². The number of amidine groups is 1. The van der Waals surface area contributed by atoms with E-state index >= 15 is 0 Å². The van der Waals surface area contributed by atoms with Gasteiger partial charge >= 0.3 is 5.97 Å². The largest absolute Gasteiger partial charge is 0.493 e. The summed E-state index contributed by atoms with van der Waals surface area (Å²) in [7, 11) is 4.38. The normalized spacial score (nSPS) is 16.4. The zero-order valence-electron chi connectivity index (χ0n) is 16.2. The number of carbonyl (C=O) groups excluding carboxylic acids is 2. The number of ether oxygens (including phenoxy) is 3. The van der Waals surface area contributed by atoms with Crippen LogP contribution in [0.2, 0.25) is 0 Å². The molecule has 1 amide bonds. The van der Waals surface area contributed by atoms with Crippen LogP contribution < -0.4 is 9.47 Å². The Hall–Kier alpha value is -3.26. The zero-order valence-corrected chi connectivity index (χ0v) is 17.1. The number of aliphatic imine (C=N–C) groups is 1. The smallest absolute Gasteiger partial charge is 0.331 e. The van der Waals surface area contributed by atoms with Crippen molar-refractivity contribution < 1.29 is 23.8 Å². The SMILES string of the molecule is COC(=O)/C=C1\SC(=Nc2ccccc2)N(Cc2ccc(OC)c(OC)c2)C1=O. The maximum Gasteiger partial charge on any atom is 0.331 e. The summed E-state index contributed by atoms with van der Waals surface area (Å²) < 4.78 is 15.3. The quantitative estimate of drug-likeness (QED) is 0.534. The number of benzene rings is 2. The van der Waals surface area contributed by atoms with Crippen LogP contribution in [0.4, 0.5) is 5.69 Å². The minimum Gasteiger partial charge on any atom is -0.493 e. The molecule has 8 heteroatoms. The number of esters is 1. The Kier molecular flexibility index (Phi) is 6.56. The summed E-state index contributed by atoms with van der Waals surface area (Å²) in [6, 6.07) is 14.7. The van der Waals surface area contributed by atoms with Crippen LogP contribution >= 0.6 is 11.8 Å². The molecular formula is C21H20N2O5S. The molecule has 1 heterocycles. The van der Waals surface area contributed by atoms with Gasteiger partial charge in [0, 0.05) is 6.08 Å². The van der Waals surface area contributed by atoms with Crippen LogP contribution in [0.25, 0.3) is 0 Å². The van der Waals surface area contributed by atoms with Crippen molar-refractivity contribution in [2.75, 3.05) is 21.3 Å². The first kappa shape index (κ1) is 20.5. The second-order valence-electron chi connectivity index (χ2n) is 5.94. The first-order chi connectivity index (χ1) is 14.0. The molecule has 0 N–H and O–H groups in total. The first-order valence-electron chi connectivity index (χ1n) is 8.69. The molecule has 0 saturated carbocycles. The van der Waals surface area contributed by atoms with E-state index in [-0.39, 0.29) is 17.4 Å².